The summed E-state index contributed by atoms with van der Waals surface area (Å²) in [5, 5.41) is 0.317. The molecule has 90 valence electrons. The number of aromatic nitrogens is 1. The van der Waals surface area contributed by atoms with Crippen molar-refractivity contribution in [2.75, 3.05) is 16.4 Å². The maximum absolute atomic E-state index is 11.6. The summed E-state index contributed by atoms with van der Waals surface area (Å²) >= 11 is 11.1. The summed E-state index contributed by atoms with van der Waals surface area (Å²) in [6.07, 6.45) is 1.37. The van der Waals surface area contributed by atoms with Gasteiger partial charge in [0.25, 0.3) is 0 Å². The molecule has 0 aliphatic heterocycles. The van der Waals surface area contributed by atoms with Crippen LogP contribution in [0.2, 0.25) is 5.15 Å². The molecule has 0 bridgehead atoms. The predicted molar refractivity (Wildman–Crippen MR) is 66.5 cm³/mol. The van der Waals surface area contributed by atoms with Crippen LogP contribution in [0.1, 0.15) is 6.92 Å². The minimum absolute atomic E-state index is 0.0148. The Morgan fingerprint density at radius 3 is 2.69 bits per heavy atom. The highest BCUT2D eigenvalue weighted by atomic mass is 35.5. The molecule has 1 aromatic rings. The van der Waals surface area contributed by atoms with Gasteiger partial charge in [0.2, 0.25) is 10.0 Å². The number of sulfonamides is 1. The Hall–Kier alpha value is -0.520. The van der Waals surface area contributed by atoms with Crippen molar-refractivity contribution in [1.29, 1.82) is 0 Å². The van der Waals surface area contributed by atoms with Gasteiger partial charge in [0.1, 0.15) is 5.15 Å². The molecule has 0 fully saturated rings. The SMILES string of the molecule is CC(CCl)CS(=O)(=O)Nc1ccc(Cl)nc1. The van der Waals surface area contributed by atoms with Gasteiger partial charge in [-0.05, 0) is 18.1 Å². The van der Waals surface area contributed by atoms with E-state index in [1.165, 1.54) is 12.3 Å². The van der Waals surface area contributed by atoms with Crippen LogP contribution in [0.3, 0.4) is 0 Å². The molecule has 1 atom stereocenters. The third-order valence-corrected chi connectivity index (χ3v) is 4.07. The average molecular weight is 283 g/mol. The molecule has 0 saturated carbocycles. The molecule has 7 heteroatoms. The Morgan fingerprint density at radius 1 is 1.50 bits per heavy atom. The number of hydrogen-bond acceptors (Lipinski definition) is 3. The van der Waals surface area contributed by atoms with E-state index in [1.54, 1.807) is 13.0 Å². The standard InChI is InChI=1S/C9H12Cl2N2O2S/c1-7(4-10)6-16(14,15)13-8-2-3-9(11)12-5-8/h2-3,5,7,13H,4,6H2,1H3. The van der Waals surface area contributed by atoms with Gasteiger partial charge < -0.3 is 0 Å². The predicted octanol–water partition coefficient (Wildman–Crippen LogP) is 2.35. The molecule has 1 N–H and O–H groups in total. The summed E-state index contributed by atoms with van der Waals surface area (Å²) in [7, 11) is -3.38. The zero-order chi connectivity index (χ0) is 12.2. The van der Waals surface area contributed by atoms with E-state index in [4.69, 9.17) is 23.2 Å². The molecule has 0 amide bonds. The van der Waals surface area contributed by atoms with Crippen LogP contribution in [0.5, 0.6) is 0 Å². The maximum atomic E-state index is 11.6. The van der Waals surface area contributed by atoms with Crippen molar-refractivity contribution >= 4 is 38.9 Å². The fraction of sp³-hybridized carbons (Fsp3) is 0.444. The molecule has 1 aromatic heterocycles. The van der Waals surface area contributed by atoms with E-state index in [0.717, 1.165) is 0 Å². The van der Waals surface area contributed by atoms with Crippen LogP contribution in [0.25, 0.3) is 0 Å². The molecule has 0 radical (unpaired) electrons. The Labute approximate surface area is 105 Å². The number of pyridine rings is 1. The minimum Gasteiger partial charge on any atom is -0.282 e. The lowest BCUT2D eigenvalue weighted by atomic mass is 10.3. The van der Waals surface area contributed by atoms with E-state index in [1.807, 2.05) is 0 Å². The summed E-state index contributed by atoms with van der Waals surface area (Å²) < 4.78 is 25.7. The molecule has 0 saturated heterocycles. The summed E-state index contributed by atoms with van der Waals surface area (Å²) in [6.45, 7) is 1.77. The van der Waals surface area contributed by atoms with Crippen LogP contribution < -0.4 is 4.72 Å². The molecule has 0 aliphatic carbocycles. The van der Waals surface area contributed by atoms with Crippen molar-refractivity contribution in [3.63, 3.8) is 0 Å². The Morgan fingerprint density at radius 2 is 2.19 bits per heavy atom. The van der Waals surface area contributed by atoms with Gasteiger partial charge in [0.15, 0.2) is 0 Å². The van der Waals surface area contributed by atoms with Crippen molar-refractivity contribution in [1.82, 2.24) is 4.98 Å². The van der Waals surface area contributed by atoms with E-state index < -0.39 is 10.0 Å². The third kappa shape index (κ3) is 4.55. The second-order valence-electron chi connectivity index (χ2n) is 3.51. The van der Waals surface area contributed by atoms with Crippen molar-refractivity contribution in [2.24, 2.45) is 5.92 Å². The van der Waals surface area contributed by atoms with Crippen LogP contribution in [-0.4, -0.2) is 25.0 Å². The first-order chi connectivity index (χ1) is 7.43. The van der Waals surface area contributed by atoms with Gasteiger partial charge in [-0.25, -0.2) is 13.4 Å². The minimum atomic E-state index is -3.38. The van der Waals surface area contributed by atoms with E-state index in [9.17, 15) is 8.42 Å². The van der Waals surface area contributed by atoms with E-state index in [0.29, 0.717) is 16.7 Å². The number of nitrogens with zero attached hydrogens (tertiary/aromatic N) is 1. The largest absolute Gasteiger partial charge is 0.282 e. The van der Waals surface area contributed by atoms with Crippen molar-refractivity contribution in [2.45, 2.75) is 6.92 Å². The van der Waals surface area contributed by atoms with Gasteiger partial charge in [-0.15, -0.1) is 11.6 Å². The lowest BCUT2D eigenvalue weighted by Gasteiger charge is -2.10. The number of nitrogens with one attached hydrogen (secondary N) is 1. The quantitative estimate of drug-likeness (QED) is 0.666. The lowest BCUT2D eigenvalue weighted by Crippen LogP contribution is -2.22. The zero-order valence-corrected chi connectivity index (χ0v) is 11.0. The fourth-order valence-electron chi connectivity index (χ4n) is 1.08. The molecule has 0 aromatic carbocycles. The molecule has 1 unspecified atom stereocenters. The van der Waals surface area contributed by atoms with Crippen molar-refractivity contribution in [3.05, 3.63) is 23.5 Å². The normalized spacial score (nSPS) is 13.4. The van der Waals surface area contributed by atoms with Gasteiger partial charge in [0.05, 0.1) is 17.6 Å². The van der Waals surface area contributed by atoms with Gasteiger partial charge in [-0.1, -0.05) is 18.5 Å². The molecule has 1 heterocycles. The van der Waals surface area contributed by atoms with Crippen LogP contribution in [0, 0.1) is 5.92 Å². The fourth-order valence-corrected chi connectivity index (χ4v) is 2.86. The second kappa shape index (κ2) is 5.70. The van der Waals surface area contributed by atoms with Gasteiger partial charge >= 0.3 is 0 Å². The lowest BCUT2D eigenvalue weighted by molar-refractivity contribution is 0.588. The second-order valence-corrected chi connectivity index (χ2v) is 5.98. The summed E-state index contributed by atoms with van der Waals surface area (Å²) in [4.78, 5) is 3.78. The highest BCUT2D eigenvalue weighted by Crippen LogP contribution is 2.13. The van der Waals surface area contributed by atoms with Gasteiger partial charge in [-0.2, -0.15) is 0 Å². The number of hydrogen-bond donors (Lipinski definition) is 1. The number of rotatable bonds is 5. The number of halogens is 2. The van der Waals surface area contributed by atoms with Crippen LogP contribution in [0.4, 0.5) is 5.69 Å². The van der Waals surface area contributed by atoms with E-state index in [-0.39, 0.29) is 11.7 Å². The first-order valence-electron chi connectivity index (χ1n) is 4.61. The number of alkyl halides is 1. The zero-order valence-electron chi connectivity index (χ0n) is 8.65. The van der Waals surface area contributed by atoms with Crippen LogP contribution >= 0.6 is 23.2 Å². The monoisotopic (exact) mass is 282 g/mol. The highest BCUT2D eigenvalue weighted by Gasteiger charge is 2.15. The molecule has 0 aliphatic rings. The molecule has 1 rings (SSSR count). The smallest absolute Gasteiger partial charge is 0.233 e. The Kier molecular flexibility index (Phi) is 4.83. The first-order valence-corrected chi connectivity index (χ1v) is 7.17. The van der Waals surface area contributed by atoms with Crippen molar-refractivity contribution in [3.8, 4) is 0 Å². The summed E-state index contributed by atoms with van der Waals surface area (Å²) in [5.74, 6) is 0.193. The molecule has 16 heavy (non-hydrogen) atoms. The molecule has 4 nitrogen and oxygen atoms in total. The maximum Gasteiger partial charge on any atom is 0.233 e. The summed E-state index contributed by atoms with van der Waals surface area (Å²) in [5.41, 5.74) is 0.395. The Balaban J connectivity index is 2.69. The summed E-state index contributed by atoms with van der Waals surface area (Å²) in [6, 6.07) is 3.07. The van der Waals surface area contributed by atoms with E-state index >= 15 is 0 Å². The molecular weight excluding hydrogens is 271 g/mol. The highest BCUT2D eigenvalue weighted by molar-refractivity contribution is 7.92. The van der Waals surface area contributed by atoms with Crippen LogP contribution in [0.15, 0.2) is 18.3 Å². The van der Waals surface area contributed by atoms with Crippen molar-refractivity contribution < 1.29 is 8.42 Å². The van der Waals surface area contributed by atoms with Crippen LogP contribution in [-0.2, 0) is 10.0 Å². The van der Waals surface area contributed by atoms with E-state index in [2.05, 4.69) is 9.71 Å². The van der Waals surface area contributed by atoms with Gasteiger partial charge in [0, 0.05) is 5.88 Å². The average Bonchev–Trinajstić information content (AvgIpc) is 2.20. The van der Waals surface area contributed by atoms with Gasteiger partial charge in [-0.3, -0.25) is 4.72 Å². The molecule has 0 spiro atoms. The first kappa shape index (κ1) is 13.5. The topological polar surface area (TPSA) is 59.1 Å². The number of anilines is 1. The molecular formula is C9H12Cl2N2O2S. The Bertz CT molecular complexity index is 433. The third-order valence-electron chi connectivity index (χ3n) is 1.77.